The molecule has 0 radical (unpaired) electrons. The van der Waals surface area contributed by atoms with Crippen molar-refractivity contribution in [1.82, 2.24) is 14.4 Å². The summed E-state index contributed by atoms with van der Waals surface area (Å²) in [7, 11) is 0. The summed E-state index contributed by atoms with van der Waals surface area (Å²) in [5.74, 6) is 0.869. The number of nitrogens with zero attached hydrogens (tertiary/aromatic N) is 7. The van der Waals surface area contributed by atoms with Gasteiger partial charge in [-0.15, -0.1) is 0 Å². The fourth-order valence-electron chi connectivity index (χ4n) is 6.78. The van der Waals surface area contributed by atoms with Crippen LogP contribution in [-0.4, -0.2) is 80.5 Å². The van der Waals surface area contributed by atoms with E-state index in [-0.39, 0.29) is 11.8 Å². The van der Waals surface area contributed by atoms with Crippen LogP contribution in [0.2, 0.25) is 0 Å². The normalized spacial score (nSPS) is 13.1. The van der Waals surface area contributed by atoms with Gasteiger partial charge in [-0.25, -0.2) is 4.58 Å². The number of carbonyl (C=O) groups is 2. The number of unbranched alkanes of at least 4 members (excludes halogenated alkanes) is 2. The van der Waals surface area contributed by atoms with E-state index in [1.807, 2.05) is 34.1 Å². The van der Waals surface area contributed by atoms with Crippen LogP contribution in [0.4, 0.5) is 5.69 Å². The van der Waals surface area contributed by atoms with Crippen LogP contribution in [0.1, 0.15) is 63.7 Å². The van der Waals surface area contributed by atoms with E-state index in [0.29, 0.717) is 44.7 Å². The number of azide groups is 1. The number of piperazine rings is 1. The highest BCUT2D eigenvalue weighted by molar-refractivity contribution is 6.09. The summed E-state index contributed by atoms with van der Waals surface area (Å²) in [6, 6.07) is 20.7. The number of anilines is 1. The van der Waals surface area contributed by atoms with Gasteiger partial charge in [-0.3, -0.25) is 9.59 Å². The second kappa shape index (κ2) is 16.3. The number of rotatable bonds is 13. The van der Waals surface area contributed by atoms with Gasteiger partial charge in [0, 0.05) is 97.0 Å². The van der Waals surface area contributed by atoms with Gasteiger partial charge in [-0.2, -0.15) is 0 Å². The Balaban J connectivity index is 1.48. The maximum atomic E-state index is 14.2. The second-order valence-electron chi connectivity index (χ2n) is 12.2. The van der Waals surface area contributed by atoms with E-state index >= 15 is 0 Å². The number of carbonyl (C=O) groups excluding carboxylic acids is 2. The second-order valence-corrected chi connectivity index (χ2v) is 12.2. The van der Waals surface area contributed by atoms with Crippen molar-refractivity contribution in [2.45, 2.75) is 53.4 Å². The van der Waals surface area contributed by atoms with E-state index in [1.54, 1.807) is 0 Å². The summed E-state index contributed by atoms with van der Waals surface area (Å²) in [6.07, 6.45) is 2.87. The minimum atomic E-state index is -0.0302. The Hall–Kier alpha value is -4.82. The highest BCUT2D eigenvalue weighted by atomic mass is 16.3. The van der Waals surface area contributed by atoms with Crippen molar-refractivity contribution in [2.24, 2.45) is 5.11 Å². The van der Waals surface area contributed by atoms with Crippen molar-refractivity contribution in [2.75, 3.05) is 63.8 Å². The molecule has 0 unspecified atom stereocenters. The van der Waals surface area contributed by atoms with Crippen LogP contribution in [0.15, 0.2) is 70.2 Å². The predicted octanol–water partition coefficient (Wildman–Crippen LogP) is 7.02. The lowest BCUT2D eigenvalue weighted by Crippen LogP contribution is -2.50. The lowest BCUT2D eigenvalue weighted by atomic mass is 9.90. The smallest absolute Gasteiger partial charge is 0.254 e. The Morgan fingerprint density at radius 3 is 2.31 bits per heavy atom. The van der Waals surface area contributed by atoms with Crippen LogP contribution in [0.5, 0.6) is 0 Å². The molecule has 0 spiro atoms. The molecule has 10 nitrogen and oxygen atoms in total. The molecule has 0 N–H and O–H groups in total. The van der Waals surface area contributed by atoms with Crippen LogP contribution in [-0.2, 0) is 4.79 Å². The van der Waals surface area contributed by atoms with Crippen LogP contribution in [0, 0.1) is 0 Å². The Morgan fingerprint density at radius 1 is 0.875 bits per heavy atom. The van der Waals surface area contributed by atoms with Crippen LogP contribution < -0.4 is 14.8 Å². The third-order valence-corrected chi connectivity index (χ3v) is 9.50. The van der Waals surface area contributed by atoms with Gasteiger partial charge in [0.05, 0.1) is 6.07 Å². The van der Waals surface area contributed by atoms with Crippen molar-refractivity contribution in [3.8, 4) is 22.5 Å². The largest absolute Gasteiger partial charge is 0.456 e. The highest BCUT2D eigenvalue weighted by Crippen LogP contribution is 2.42. The third-order valence-electron chi connectivity index (χ3n) is 9.50. The number of hydrogen-bond donors (Lipinski definition) is 0. The van der Waals surface area contributed by atoms with E-state index in [1.165, 1.54) is 0 Å². The van der Waals surface area contributed by atoms with Gasteiger partial charge >= 0.3 is 0 Å². The zero-order chi connectivity index (χ0) is 34.0. The number of hydrogen-bond acceptors (Lipinski definition) is 5. The maximum Gasteiger partial charge on any atom is 0.254 e. The minimum Gasteiger partial charge on any atom is -0.456 e. The third kappa shape index (κ3) is 7.50. The lowest BCUT2D eigenvalue weighted by molar-refractivity contribution is -0.132. The van der Waals surface area contributed by atoms with Crippen LogP contribution in [0.25, 0.3) is 43.9 Å². The average Bonchev–Trinajstić information content (AvgIpc) is 3.12. The van der Waals surface area contributed by atoms with Gasteiger partial charge in [0.2, 0.25) is 11.3 Å². The molecule has 0 aromatic heterocycles. The molecule has 48 heavy (non-hydrogen) atoms. The van der Waals surface area contributed by atoms with Gasteiger partial charge in [0.1, 0.15) is 24.4 Å². The summed E-state index contributed by atoms with van der Waals surface area (Å²) in [5.41, 5.74) is 13.8. The van der Waals surface area contributed by atoms with E-state index < -0.39 is 0 Å². The van der Waals surface area contributed by atoms with Gasteiger partial charge in [-0.05, 0) is 75.9 Å². The topological polar surface area (TPSA) is 109 Å². The van der Waals surface area contributed by atoms with Crippen molar-refractivity contribution in [1.29, 1.82) is 0 Å². The molecular weight excluding hydrogens is 602 g/mol. The summed E-state index contributed by atoms with van der Waals surface area (Å²) < 4.78 is 8.97. The Morgan fingerprint density at radius 2 is 1.60 bits per heavy atom. The first kappa shape index (κ1) is 34.5. The summed E-state index contributed by atoms with van der Waals surface area (Å²) in [5, 5.41) is 5.62. The Kier molecular flexibility index (Phi) is 11.7. The molecule has 0 bridgehead atoms. The molecule has 2 aromatic carbocycles. The molecule has 2 heterocycles. The van der Waals surface area contributed by atoms with E-state index in [0.717, 1.165) is 89.9 Å². The molecule has 2 aromatic rings. The van der Waals surface area contributed by atoms with Gasteiger partial charge in [-0.1, -0.05) is 29.7 Å². The lowest BCUT2D eigenvalue weighted by Gasteiger charge is -2.35. The van der Waals surface area contributed by atoms with Crippen molar-refractivity contribution in [3.63, 3.8) is 0 Å². The molecule has 1 aliphatic carbocycles. The Bertz CT molecular complexity index is 1820. The molecule has 5 rings (SSSR count). The summed E-state index contributed by atoms with van der Waals surface area (Å²) >= 11 is 0. The molecular formula is C38H48N7O3+. The molecule has 2 aliphatic heterocycles. The fraction of sp³-hybridized carbons (Fsp3) is 0.447. The number of benzene rings is 3. The predicted molar refractivity (Wildman–Crippen MR) is 193 cm³/mol. The van der Waals surface area contributed by atoms with Crippen molar-refractivity contribution >= 4 is 28.5 Å². The molecule has 10 heteroatoms. The van der Waals surface area contributed by atoms with E-state index in [2.05, 4.69) is 83.6 Å². The van der Waals surface area contributed by atoms with Crippen LogP contribution in [0.3, 0.4) is 0 Å². The van der Waals surface area contributed by atoms with Gasteiger partial charge in [0.15, 0.2) is 0 Å². The highest BCUT2D eigenvalue weighted by Gasteiger charge is 2.28. The first-order valence-corrected chi connectivity index (χ1v) is 17.4. The molecule has 0 atom stereocenters. The summed E-state index contributed by atoms with van der Waals surface area (Å²) in [4.78, 5) is 35.9. The zero-order valence-corrected chi connectivity index (χ0v) is 28.8. The van der Waals surface area contributed by atoms with Crippen molar-refractivity contribution < 1.29 is 14.0 Å². The first-order valence-electron chi connectivity index (χ1n) is 17.4. The molecule has 252 valence electrons. The Labute approximate surface area is 283 Å². The summed E-state index contributed by atoms with van der Waals surface area (Å²) in [6.45, 7) is 14.7. The van der Waals surface area contributed by atoms with E-state index in [4.69, 9.17) is 9.95 Å². The number of amides is 2. The minimum absolute atomic E-state index is 0.0302. The monoisotopic (exact) mass is 650 g/mol. The molecule has 2 amide bonds. The van der Waals surface area contributed by atoms with Crippen LogP contribution >= 0.6 is 0 Å². The van der Waals surface area contributed by atoms with Gasteiger partial charge < -0.3 is 19.1 Å². The quantitative estimate of drug-likeness (QED) is 0.0387. The first-order chi connectivity index (χ1) is 23.4. The maximum absolute atomic E-state index is 14.2. The molecule has 1 fully saturated rings. The standard InChI is InChI=1S/C38H48N7O3/c1-5-42(6-2)28-17-19-32-34(26-28)48-35-27-29(43(7-3)8-4)18-20-33(35)37(32)30-14-11-12-15-31(30)38(47)45-24-22-44(23-25-45)36(46)16-10-9-13-21-40-41-39/h11-12,14-15,17-20,26-27H,5-10,13,16,21-25H2,1-4H3/q+1. The van der Waals surface area contributed by atoms with E-state index in [9.17, 15) is 9.59 Å². The zero-order valence-electron chi connectivity index (χ0n) is 28.8. The average molecular weight is 651 g/mol. The number of fused-ring (bicyclic) bond motifs is 2. The molecule has 1 saturated heterocycles. The molecule has 0 saturated carbocycles. The SMILES string of the molecule is CCN(CC)c1ccc2c(-c3ccccc3C(=O)N3CCN(C(=O)CCCCCN=[N+]=[N-])CC3)c3ccc(=[N+](CC)CC)cc-3oc2c1. The fourth-order valence-corrected chi connectivity index (χ4v) is 6.78. The molecule has 3 aliphatic rings. The van der Waals surface area contributed by atoms with Gasteiger partial charge in [0.25, 0.3) is 5.91 Å². The van der Waals surface area contributed by atoms with Crippen molar-refractivity contribution in [3.05, 3.63) is 82.0 Å².